The summed E-state index contributed by atoms with van der Waals surface area (Å²) in [6, 6.07) is 18.5. The van der Waals surface area contributed by atoms with E-state index in [0.717, 1.165) is 42.6 Å². The third-order valence-corrected chi connectivity index (χ3v) is 6.72. The lowest BCUT2D eigenvalue weighted by atomic mass is 9.91. The van der Waals surface area contributed by atoms with Gasteiger partial charge in [0.2, 0.25) is 11.8 Å². The van der Waals surface area contributed by atoms with Gasteiger partial charge in [-0.25, -0.2) is 0 Å². The molecule has 2 aromatic carbocycles. The number of amides is 2. The Morgan fingerprint density at radius 2 is 1.88 bits per heavy atom. The first-order valence-electron chi connectivity index (χ1n) is 12.1. The summed E-state index contributed by atoms with van der Waals surface area (Å²) in [5.74, 6) is -0.0451. The summed E-state index contributed by atoms with van der Waals surface area (Å²) in [6.45, 7) is 6.71. The quantitative estimate of drug-likeness (QED) is 0.567. The Hall–Kier alpha value is -2.92. The summed E-state index contributed by atoms with van der Waals surface area (Å²) in [5, 5.41) is 0. The van der Waals surface area contributed by atoms with E-state index >= 15 is 0 Å². The molecule has 0 N–H and O–H groups in total. The van der Waals surface area contributed by atoms with Crippen molar-refractivity contribution in [2.75, 3.05) is 32.8 Å². The van der Waals surface area contributed by atoms with Crippen molar-refractivity contribution < 1.29 is 14.3 Å². The molecule has 2 heterocycles. The zero-order valence-electron chi connectivity index (χ0n) is 19.3. The standard InChI is InChI=1S/C28H34N2O3/c1-2-16-29-17-18-30(27(31)15-14-25-12-8-19-33-25)21-24(28(29)32)20-23-11-6-7-13-26(23)22-9-4-3-5-10-22/h2-7,9-11,13,24-25H,1,8,12,14-21H2/t24-,25-/m0/s1. The van der Waals surface area contributed by atoms with E-state index in [0.29, 0.717) is 39.0 Å². The molecule has 0 bridgehead atoms. The number of carbonyl (C=O) groups is 2. The minimum Gasteiger partial charge on any atom is -0.378 e. The lowest BCUT2D eigenvalue weighted by Gasteiger charge is -2.25. The summed E-state index contributed by atoms with van der Waals surface area (Å²) < 4.78 is 5.69. The zero-order valence-corrected chi connectivity index (χ0v) is 19.3. The average molecular weight is 447 g/mol. The van der Waals surface area contributed by atoms with Crippen molar-refractivity contribution in [2.24, 2.45) is 5.92 Å². The molecule has 0 radical (unpaired) electrons. The van der Waals surface area contributed by atoms with Crippen molar-refractivity contribution in [3.63, 3.8) is 0 Å². The average Bonchev–Trinajstić information content (AvgIpc) is 3.32. The maximum atomic E-state index is 13.4. The van der Waals surface area contributed by atoms with Gasteiger partial charge in [0, 0.05) is 39.2 Å². The second kappa shape index (κ2) is 11.3. The highest BCUT2D eigenvalue weighted by Gasteiger charge is 2.32. The fourth-order valence-corrected chi connectivity index (χ4v) is 4.94. The Kier molecular flexibility index (Phi) is 7.95. The normalized spacial score (nSPS) is 21.2. The van der Waals surface area contributed by atoms with Gasteiger partial charge in [0.25, 0.3) is 0 Å². The van der Waals surface area contributed by atoms with E-state index in [1.165, 1.54) is 0 Å². The molecule has 0 saturated carbocycles. The van der Waals surface area contributed by atoms with E-state index in [-0.39, 0.29) is 23.8 Å². The highest BCUT2D eigenvalue weighted by Crippen LogP contribution is 2.27. The first-order valence-corrected chi connectivity index (χ1v) is 12.1. The van der Waals surface area contributed by atoms with Gasteiger partial charge in [-0.05, 0) is 42.4 Å². The minimum atomic E-state index is -0.274. The summed E-state index contributed by atoms with van der Waals surface area (Å²) >= 11 is 0. The highest BCUT2D eigenvalue weighted by atomic mass is 16.5. The number of rotatable bonds is 8. The highest BCUT2D eigenvalue weighted by molar-refractivity contribution is 5.83. The molecule has 2 aliphatic heterocycles. The molecule has 2 fully saturated rings. The molecule has 0 aliphatic carbocycles. The fraction of sp³-hybridized carbons (Fsp3) is 0.429. The van der Waals surface area contributed by atoms with Crippen molar-refractivity contribution >= 4 is 11.8 Å². The van der Waals surface area contributed by atoms with Crippen molar-refractivity contribution in [2.45, 2.75) is 38.2 Å². The first kappa shape index (κ1) is 23.2. The van der Waals surface area contributed by atoms with Crippen LogP contribution in [-0.2, 0) is 20.7 Å². The van der Waals surface area contributed by atoms with Crippen LogP contribution in [0.25, 0.3) is 11.1 Å². The molecule has 4 rings (SSSR count). The SMILES string of the molecule is C=CCN1CCN(C(=O)CC[C@@H]2CCCO2)C[C@H](Cc2ccccc2-c2ccccc2)C1=O. The molecule has 2 amide bonds. The third-order valence-electron chi connectivity index (χ3n) is 6.72. The van der Waals surface area contributed by atoms with Gasteiger partial charge < -0.3 is 14.5 Å². The van der Waals surface area contributed by atoms with Gasteiger partial charge in [-0.3, -0.25) is 9.59 Å². The first-order chi connectivity index (χ1) is 16.2. The number of hydrogen-bond donors (Lipinski definition) is 0. The molecule has 5 nitrogen and oxygen atoms in total. The molecular weight excluding hydrogens is 412 g/mol. The number of ether oxygens (including phenoxy) is 1. The van der Waals surface area contributed by atoms with Gasteiger partial charge in [-0.1, -0.05) is 60.7 Å². The van der Waals surface area contributed by atoms with Crippen LogP contribution in [-0.4, -0.2) is 60.5 Å². The zero-order chi connectivity index (χ0) is 23.0. The number of hydrogen-bond acceptors (Lipinski definition) is 3. The van der Waals surface area contributed by atoms with Crippen LogP contribution in [0.1, 0.15) is 31.2 Å². The van der Waals surface area contributed by atoms with Gasteiger partial charge >= 0.3 is 0 Å². The van der Waals surface area contributed by atoms with E-state index < -0.39 is 0 Å². The predicted octanol–water partition coefficient (Wildman–Crippen LogP) is 4.33. The predicted molar refractivity (Wildman–Crippen MR) is 131 cm³/mol. The smallest absolute Gasteiger partial charge is 0.228 e. The van der Waals surface area contributed by atoms with Gasteiger partial charge in [-0.2, -0.15) is 0 Å². The maximum Gasteiger partial charge on any atom is 0.228 e. The van der Waals surface area contributed by atoms with Crippen LogP contribution in [0.5, 0.6) is 0 Å². The molecule has 2 saturated heterocycles. The van der Waals surface area contributed by atoms with E-state index in [1.807, 2.05) is 40.1 Å². The largest absolute Gasteiger partial charge is 0.378 e. The van der Waals surface area contributed by atoms with Crippen LogP contribution in [0, 0.1) is 5.92 Å². The van der Waals surface area contributed by atoms with Crippen LogP contribution in [0.3, 0.4) is 0 Å². The molecule has 5 heteroatoms. The van der Waals surface area contributed by atoms with Gasteiger partial charge in [-0.15, -0.1) is 6.58 Å². The van der Waals surface area contributed by atoms with Gasteiger partial charge in [0.05, 0.1) is 12.0 Å². The lowest BCUT2D eigenvalue weighted by molar-refractivity contribution is -0.134. The molecule has 2 aromatic rings. The molecule has 2 aliphatic rings. The van der Waals surface area contributed by atoms with Gasteiger partial charge in [0.15, 0.2) is 0 Å². The fourth-order valence-electron chi connectivity index (χ4n) is 4.94. The van der Waals surface area contributed by atoms with Crippen LogP contribution < -0.4 is 0 Å². The van der Waals surface area contributed by atoms with Crippen LogP contribution in [0.4, 0.5) is 0 Å². The molecule has 0 aromatic heterocycles. The second-order valence-corrected chi connectivity index (χ2v) is 9.01. The molecule has 0 spiro atoms. The monoisotopic (exact) mass is 446 g/mol. The third kappa shape index (κ3) is 5.91. The minimum absolute atomic E-state index is 0.104. The Balaban J connectivity index is 1.52. The summed E-state index contributed by atoms with van der Waals surface area (Å²) in [7, 11) is 0. The Morgan fingerprint density at radius 3 is 2.64 bits per heavy atom. The van der Waals surface area contributed by atoms with Crippen LogP contribution in [0.15, 0.2) is 67.3 Å². The molecule has 0 unspecified atom stereocenters. The van der Waals surface area contributed by atoms with Crippen molar-refractivity contribution in [1.82, 2.24) is 9.80 Å². The summed E-state index contributed by atoms with van der Waals surface area (Å²) in [5.41, 5.74) is 3.41. The molecule has 174 valence electrons. The van der Waals surface area contributed by atoms with Crippen LogP contribution >= 0.6 is 0 Å². The molecule has 2 atom stereocenters. The summed E-state index contributed by atoms with van der Waals surface area (Å²) in [6.07, 6.45) is 5.94. The molecular formula is C28H34N2O3. The maximum absolute atomic E-state index is 13.4. The Bertz CT molecular complexity index is 953. The van der Waals surface area contributed by atoms with Crippen molar-refractivity contribution in [3.8, 4) is 11.1 Å². The topological polar surface area (TPSA) is 49.9 Å². The van der Waals surface area contributed by atoms with E-state index in [4.69, 9.17) is 4.74 Å². The van der Waals surface area contributed by atoms with Crippen LogP contribution in [0.2, 0.25) is 0 Å². The van der Waals surface area contributed by atoms with Crippen molar-refractivity contribution in [3.05, 3.63) is 72.8 Å². The van der Waals surface area contributed by atoms with E-state index in [2.05, 4.69) is 30.8 Å². The number of benzene rings is 2. The number of carbonyl (C=O) groups excluding carboxylic acids is 2. The Morgan fingerprint density at radius 1 is 1.09 bits per heavy atom. The second-order valence-electron chi connectivity index (χ2n) is 9.01. The van der Waals surface area contributed by atoms with E-state index in [1.54, 1.807) is 6.08 Å². The molecule has 33 heavy (non-hydrogen) atoms. The lowest BCUT2D eigenvalue weighted by Crippen LogP contribution is -2.38. The van der Waals surface area contributed by atoms with Gasteiger partial charge in [0.1, 0.15) is 0 Å². The summed E-state index contributed by atoms with van der Waals surface area (Å²) in [4.78, 5) is 30.3. The van der Waals surface area contributed by atoms with Crippen molar-refractivity contribution in [1.29, 1.82) is 0 Å². The van der Waals surface area contributed by atoms with E-state index in [9.17, 15) is 9.59 Å². The number of nitrogens with zero attached hydrogens (tertiary/aromatic N) is 2. The Labute approximate surface area is 197 Å².